The van der Waals surface area contributed by atoms with Crippen LogP contribution in [0.5, 0.6) is 0 Å². The van der Waals surface area contributed by atoms with Crippen molar-refractivity contribution in [1.82, 2.24) is 0 Å². The van der Waals surface area contributed by atoms with Crippen LogP contribution in [0.2, 0.25) is 0 Å². The molecular weight excluding hydrogens is 447 g/mol. The van der Waals surface area contributed by atoms with Crippen molar-refractivity contribution in [1.29, 1.82) is 0 Å². The van der Waals surface area contributed by atoms with Crippen molar-refractivity contribution in [3.63, 3.8) is 0 Å². The van der Waals surface area contributed by atoms with E-state index in [2.05, 4.69) is 44.2 Å². The molecule has 0 bridgehead atoms. The van der Waals surface area contributed by atoms with Crippen LogP contribution in [-0.2, 0) is 30.2 Å². The predicted octanol–water partition coefficient (Wildman–Crippen LogP) is 6.58. The maximum Gasteiger partial charge on any atom is 0.351 e. The fourth-order valence-corrected chi connectivity index (χ4v) is 7.24. The SMILES string of the molecule is CCOP(=O)(OCC)C(CCCc1ccc(-c2ccc(C=C(C)C)cc2)cc1)S(=O)(=O)O. The van der Waals surface area contributed by atoms with Crippen molar-refractivity contribution in [3.8, 4) is 11.1 Å². The molecule has 2 rings (SSSR count). The van der Waals surface area contributed by atoms with Crippen molar-refractivity contribution in [2.75, 3.05) is 13.2 Å². The second-order valence-electron chi connectivity index (χ2n) is 7.78. The molecule has 1 unspecified atom stereocenters. The van der Waals surface area contributed by atoms with Gasteiger partial charge in [0, 0.05) is 0 Å². The van der Waals surface area contributed by atoms with Crippen molar-refractivity contribution < 1.29 is 26.6 Å². The summed E-state index contributed by atoms with van der Waals surface area (Å²) >= 11 is 0. The van der Waals surface area contributed by atoms with Crippen LogP contribution in [0.15, 0.2) is 54.1 Å². The molecule has 8 heteroatoms. The molecule has 0 saturated carbocycles. The van der Waals surface area contributed by atoms with Gasteiger partial charge in [0.25, 0.3) is 10.1 Å². The lowest BCUT2D eigenvalue weighted by molar-refractivity contribution is 0.215. The van der Waals surface area contributed by atoms with Gasteiger partial charge in [0.1, 0.15) is 0 Å². The number of allylic oxidation sites excluding steroid dienone is 1. The molecule has 0 radical (unpaired) electrons. The molecular formula is C24H33O6PS. The van der Waals surface area contributed by atoms with Gasteiger partial charge in [-0.3, -0.25) is 9.12 Å². The summed E-state index contributed by atoms with van der Waals surface area (Å²) in [4.78, 5) is -1.59. The molecule has 6 nitrogen and oxygen atoms in total. The zero-order valence-corrected chi connectivity index (χ0v) is 20.9. The quantitative estimate of drug-likeness (QED) is 0.273. The fourth-order valence-electron chi connectivity index (χ4n) is 3.48. The van der Waals surface area contributed by atoms with E-state index >= 15 is 0 Å². The van der Waals surface area contributed by atoms with Crippen LogP contribution in [-0.4, -0.2) is 31.2 Å². The molecule has 0 aromatic heterocycles. The first-order chi connectivity index (χ1) is 15.1. The Morgan fingerprint density at radius 3 is 1.91 bits per heavy atom. The lowest BCUT2D eigenvalue weighted by Gasteiger charge is -2.24. The molecule has 176 valence electrons. The Hall–Kier alpha value is -1.76. The van der Waals surface area contributed by atoms with E-state index in [1.54, 1.807) is 13.8 Å². The fraction of sp³-hybridized carbons (Fsp3) is 0.417. The minimum Gasteiger partial charge on any atom is -0.308 e. The van der Waals surface area contributed by atoms with Crippen LogP contribution in [0.4, 0.5) is 0 Å². The van der Waals surface area contributed by atoms with Crippen molar-refractivity contribution in [3.05, 3.63) is 65.2 Å². The summed E-state index contributed by atoms with van der Waals surface area (Å²) in [7, 11) is -8.57. The van der Waals surface area contributed by atoms with Gasteiger partial charge in [0.15, 0.2) is 4.99 Å². The number of benzene rings is 2. The Labute approximate surface area is 191 Å². The summed E-state index contributed by atoms with van der Waals surface area (Å²) in [6, 6.07) is 16.4. The van der Waals surface area contributed by atoms with E-state index in [0.717, 1.165) is 22.3 Å². The summed E-state index contributed by atoms with van der Waals surface area (Å²) in [6.07, 6.45) is 3.09. The summed E-state index contributed by atoms with van der Waals surface area (Å²) in [5.41, 5.74) is 5.63. The Bertz CT molecular complexity index is 1030. The van der Waals surface area contributed by atoms with Gasteiger partial charge in [0.2, 0.25) is 0 Å². The first-order valence-corrected chi connectivity index (χ1v) is 13.9. The van der Waals surface area contributed by atoms with Crippen LogP contribution in [0, 0.1) is 0 Å². The highest BCUT2D eigenvalue weighted by Crippen LogP contribution is 2.56. The Morgan fingerprint density at radius 1 is 0.969 bits per heavy atom. The van der Waals surface area contributed by atoms with E-state index in [-0.39, 0.29) is 19.6 Å². The normalized spacial score (nSPS) is 13.0. The maximum atomic E-state index is 12.9. The number of aryl methyl sites for hydroxylation is 1. The van der Waals surface area contributed by atoms with E-state index in [1.165, 1.54) is 5.57 Å². The maximum absolute atomic E-state index is 12.9. The third-order valence-electron chi connectivity index (χ3n) is 4.88. The molecule has 0 fully saturated rings. The van der Waals surface area contributed by atoms with Crippen molar-refractivity contribution in [2.45, 2.75) is 51.9 Å². The van der Waals surface area contributed by atoms with Crippen LogP contribution in [0.3, 0.4) is 0 Å². The lowest BCUT2D eigenvalue weighted by Crippen LogP contribution is -2.23. The molecule has 0 amide bonds. The molecule has 0 aliphatic rings. The lowest BCUT2D eigenvalue weighted by atomic mass is 10.0. The van der Waals surface area contributed by atoms with E-state index < -0.39 is 22.7 Å². The first kappa shape index (κ1) is 26.5. The van der Waals surface area contributed by atoms with Gasteiger partial charge >= 0.3 is 7.60 Å². The minimum absolute atomic E-state index is 0.0241. The average molecular weight is 481 g/mol. The highest BCUT2D eigenvalue weighted by molar-refractivity contribution is 7.94. The van der Waals surface area contributed by atoms with Crippen LogP contribution in [0.1, 0.15) is 51.7 Å². The first-order valence-electron chi connectivity index (χ1n) is 10.8. The molecule has 0 saturated heterocycles. The largest absolute Gasteiger partial charge is 0.351 e. The van der Waals surface area contributed by atoms with Gasteiger partial charge in [0.05, 0.1) is 13.2 Å². The van der Waals surface area contributed by atoms with Crippen molar-refractivity contribution >= 4 is 23.8 Å². The Kier molecular flexibility index (Phi) is 9.86. The molecule has 1 N–H and O–H groups in total. The monoisotopic (exact) mass is 480 g/mol. The zero-order valence-electron chi connectivity index (χ0n) is 19.2. The van der Waals surface area contributed by atoms with Gasteiger partial charge in [-0.05, 0) is 69.2 Å². The van der Waals surface area contributed by atoms with Crippen LogP contribution >= 0.6 is 7.60 Å². The standard InChI is InChI=1S/C24H33O6PS/c1-5-29-31(25,30-6-2)24(32(26,27)28)9-7-8-20-10-14-22(15-11-20)23-16-12-21(13-17-23)18-19(3)4/h10-18,24H,5-9H2,1-4H3,(H,26,27,28). The Morgan fingerprint density at radius 2 is 1.47 bits per heavy atom. The number of hydrogen-bond donors (Lipinski definition) is 1. The van der Waals surface area contributed by atoms with Gasteiger partial charge in [-0.15, -0.1) is 0 Å². The topological polar surface area (TPSA) is 89.9 Å². The molecule has 0 heterocycles. The zero-order chi connectivity index (χ0) is 23.8. The molecule has 0 aliphatic carbocycles. The second kappa shape index (κ2) is 11.9. The summed E-state index contributed by atoms with van der Waals surface area (Å²) < 4.78 is 56.6. The third-order valence-corrected chi connectivity index (χ3v) is 9.58. The summed E-state index contributed by atoms with van der Waals surface area (Å²) in [5, 5.41) is 0. The molecule has 2 aromatic carbocycles. The van der Waals surface area contributed by atoms with E-state index in [0.29, 0.717) is 12.8 Å². The molecule has 32 heavy (non-hydrogen) atoms. The van der Waals surface area contributed by atoms with Gasteiger partial charge in [-0.2, -0.15) is 8.42 Å². The van der Waals surface area contributed by atoms with Crippen molar-refractivity contribution in [2.24, 2.45) is 0 Å². The average Bonchev–Trinajstić information content (AvgIpc) is 2.71. The van der Waals surface area contributed by atoms with E-state index in [9.17, 15) is 17.5 Å². The van der Waals surface area contributed by atoms with Crippen LogP contribution < -0.4 is 0 Å². The van der Waals surface area contributed by atoms with E-state index in [1.807, 2.05) is 24.3 Å². The summed E-state index contributed by atoms with van der Waals surface area (Å²) in [6.45, 7) is 7.39. The minimum atomic E-state index is -4.59. The van der Waals surface area contributed by atoms with Crippen LogP contribution in [0.25, 0.3) is 17.2 Å². The molecule has 1 atom stereocenters. The van der Waals surface area contributed by atoms with Gasteiger partial charge in [-0.25, -0.2) is 0 Å². The third kappa shape index (κ3) is 7.68. The highest BCUT2D eigenvalue weighted by Gasteiger charge is 2.43. The molecule has 2 aromatic rings. The number of hydrogen-bond acceptors (Lipinski definition) is 5. The smallest absolute Gasteiger partial charge is 0.308 e. The Balaban J connectivity index is 2.05. The van der Waals surface area contributed by atoms with Gasteiger partial charge in [-0.1, -0.05) is 60.2 Å². The molecule has 0 aliphatic heterocycles. The highest BCUT2D eigenvalue weighted by atomic mass is 32.2. The van der Waals surface area contributed by atoms with E-state index in [4.69, 9.17) is 9.05 Å². The van der Waals surface area contributed by atoms with Gasteiger partial charge < -0.3 is 9.05 Å². The molecule has 0 spiro atoms. The summed E-state index contributed by atoms with van der Waals surface area (Å²) in [5.74, 6) is 0. The number of rotatable bonds is 12. The predicted molar refractivity (Wildman–Crippen MR) is 130 cm³/mol. The second-order valence-corrected chi connectivity index (χ2v) is 11.9.